The van der Waals surface area contributed by atoms with Gasteiger partial charge in [-0.1, -0.05) is 36.4 Å². The molecule has 3 aliphatic rings. The molecule has 0 fully saturated rings. The Morgan fingerprint density at radius 2 is 1.88 bits per heavy atom. The number of pyridine rings is 1. The second kappa shape index (κ2) is 6.70. The lowest BCUT2D eigenvalue weighted by atomic mass is 9.81. The summed E-state index contributed by atoms with van der Waals surface area (Å²) in [4.78, 5) is 27.1. The topological polar surface area (TPSA) is 65.8 Å². The van der Waals surface area contributed by atoms with Crippen molar-refractivity contribution < 1.29 is 14.3 Å². The van der Waals surface area contributed by atoms with Gasteiger partial charge in [-0.3, -0.25) is 19.3 Å². The van der Waals surface area contributed by atoms with Crippen LogP contribution < -0.4 is 10.4 Å². The van der Waals surface area contributed by atoms with Crippen molar-refractivity contribution in [3.05, 3.63) is 98.2 Å². The second-order valence-electron chi connectivity index (χ2n) is 9.18. The van der Waals surface area contributed by atoms with E-state index in [-0.39, 0.29) is 24.1 Å². The Balaban J connectivity index is 1.71. The average Bonchev–Trinajstić information content (AvgIpc) is 3.31. The minimum Gasteiger partial charge on any atom is -0.502 e. The molecule has 0 bridgehead atoms. The normalized spacial score (nSPS) is 22.8. The van der Waals surface area contributed by atoms with E-state index in [1.807, 2.05) is 36.2 Å². The molecular weight excluding hydrogens is 421 g/mol. The molecule has 3 aromatic rings. The van der Waals surface area contributed by atoms with Gasteiger partial charge in [0.25, 0.3) is 5.91 Å². The number of hydrogen-bond acceptors (Lipinski definition) is 4. The first kappa shape index (κ1) is 20.0. The summed E-state index contributed by atoms with van der Waals surface area (Å²) in [5.41, 5.74) is 3.10. The summed E-state index contributed by atoms with van der Waals surface area (Å²) < 4.78 is 17.0. The van der Waals surface area contributed by atoms with Gasteiger partial charge in [-0.2, -0.15) is 0 Å². The monoisotopic (exact) mass is 445 g/mol. The first-order chi connectivity index (χ1) is 15.9. The summed E-state index contributed by atoms with van der Waals surface area (Å²) >= 11 is 0. The number of amides is 1. The van der Waals surface area contributed by atoms with Crippen LogP contribution in [0, 0.1) is 18.7 Å². The highest BCUT2D eigenvalue weighted by Gasteiger charge is 2.59. The van der Waals surface area contributed by atoms with Gasteiger partial charge in [0.2, 0.25) is 5.43 Å². The molecule has 0 radical (unpaired) electrons. The van der Waals surface area contributed by atoms with E-state index in [1.165, 1.54) is 11.6 Å². The molecular formula is C26H24FN3O3. The first-order valence-corrected chi connectivity index (χ1v) is 11.3. The van der Waals surface area contributed by atoms with Gasteiger partial charge in [0.1, 0.15) is 18.0 Å². The number of carbonyl (C=O) groups excluding carboxylic acids is 1. The van der Waals surface area contributed by atoms with E-state index < -0.39 is 22.6 Å². The van der Waals surface area contributed by atoms with Gasteiger partial charge in [0, 0.05) is 24.7 Å². The first-order valence-electron chi connectivity index (χ1n) is 11.3. The van der Waals surface area contributed by atoms with Crippen LogP contribution in [0.2, 0.25) is 0 Å². The molecule has 6 nitrogen and oxygen atoms in total. The minimum atomic E-state index is -0.731. The van der Waals surface area contributed by atoms with Crippen molar-refractivity contribution in [3.8, 4) is 5.75 Å². The molecule has 33 heavy (non-hydrogen) atoms. The molecule has 2 unspecified atom stereocenters. The Hall–Kier alpha value is -3.61. The fraction of sp³-hybridized carbons (Fsp3) is 0.308. The number of aromatic nitrogens is 1. The molecule has 168 valence electrons. The van der Waals surface area contributed by atoms with E-state index in [1.54, 1.807) is 22.7 Å². The highest BCUT2D eigenvalue weighted by atomic mass is 19.1. The zero-order valence-corrected chi connectivity index (χ0v) is 18.5. The van der Waals surface area contributed by atoms with E-state index >= 15 is 4.39 Å². The van der Waals surface area contributed by atoms with Crippen LogP contribution in [-0.2, 0) is 18.4 Å². The summed E-state index contributed by atoms with van der Waals surface area (Å²) in [7, 11) is 0. The number of fused-ring (bicyclic) bond motifs is 6. The van der Waals surface area contributed by atoms with Crippen LogP contribution in [0.4, 0.5) is 4.39 Å². The van der Waals surface area contributed by atoms with Crippen LogP contribution in [0.15, 0.2) is 53.5 Å². The molecule has 7 heteroatoms. The van der Waals surface area contributed by atoms with Crippen molar-refractivity contribution in [2.45, 2.75) is 32.2 Å². The van der Waals surface area contributed by atoms with E-state index in [4.69, 9.17) is 0 Å². The van der Waals surface area contributed by atoms with Crippen molar-refractivity contribution in [1.29, 1.82) is 0 Å². The van der Waals surface area contributed by atoms with Gasteiger partial charge >= 0.3 is 0 Å². The molecule has 2 aromatic carbocycles. The molecule has 0 saturated carbocycles. The number of aryl methyl sites for hydroxylation is 1. The number of benzene rings is 2. The smallest absolute Gasteiger partial charge is 0.277 e. The molecule has 1 N–H and O–H groups in total. The number of carbonyl (C=O) groups is 1. The summed E-state index contributed by atoms with van der Waals surface area (Å²) in [5.74, 6) is -1.08. The number of rotatable bonds is 2. The summed E-state index contributed by atoms with van der Waals surface area (Å²) in [6.45, 7) is 4.31. The fourth-order valence-corrected chi connectivity index (χ4v) is 6.20. The lowest BCUT2D eigenvalue weighted by Gasteiger charge is -2.50. The van der Waals surface area contributed by atoms with E-state index in [2.05, 4.69) is 12.1 Å². The Bertz CT molecular complexity index is 1400. The summed E-state index contributed by atoms with van der Waals surface area (Å²) in [6, 6.07) is 13.3. The predicted molar refractivity (Wildman–Crippen MR) is 121 cm³/mol. The van der Waals surface area contributed by atoms with Crippen LogP contribution >= 0.6 is 0 Å². The largest absolute Gasteiger partial charge is 0.502 e. The number of aromatic hydroxyl groups is 1. The average molecular weight is 445 g/mol. The van der Waals surface area contributed by atoms with Gasteiger partial charge in [-0.25, -0.2) is 4.39 Å². The van der Waals surface area contributed by atoms with Crippen LogP contribution in [-0.4, -0.2) is 33.8 Å². The van der Waals surface area contributed by atoms with Gasteiger partial charge in [-0.05, 0) is 54.5 Å². The minimum absolute atomic E-state index is 0.0440. The van der Waals surface area contributed by atoms with Gasteiger partial charge in [0.05, 0.1) is 0 Å². The van der Waals surface area contributed by atoms with Crippen LogP contribution in [0.1, 0.15) is 45.2 Å². The molecule has 0 spiro atoms. The Morgan fingerprint density at radius 3 is 2.67 bits per heavy atom. The number of hydrogen-bond donors (Lipinski definition) is 1. The molecule has 6 rings (SSSR count). The van der Waals surface area contributed by atoms with Crippen molar-refractivity contribution >= 4 is 5.91 Å². The SMILES string of the molecule is CCN1CN(C23c4ccccc4CC2Cc2c3ccc(C)c2F)n2ccc(=O)c(O)c2C1=O. The lowest BCUT2D eigenvalue weighted by Crippen LogP contribution is -2.63. The molecule has 1 amide bonds. The zero-order chi connectivity index (χ0) is 23.1. The Morgan fingerprint density at radius 1 is 1.09 bits per heavy atom. The Kier molecular flexibility index (Phi) is 4.07. The van der Waals surface area contributed by atoms with Crippen LogP contribution in [0.3, 0.4) is 0 Å². The van der Waals surface area contributed by atoms with E-state index in [0.29, 0.717) is 24.1 Å². The van der Waals surface area contributed by atoms with Gasteiger partial charge < -0.3 is 10.0 Å². The predicted octanol–water partition coefficient (Wildman–Crippen LogP) is 3.04. The highest BCUT2D eigenvalue weighted by Crippen LogP contribution is 2.57. The molecule has 1 aliphatic heterocycles. The summed E-state index contributed by atoms with van der Waals surface area (Å²) in [6.07, 6.45) is 2.91. The van der Waals surface area contributed by atoms with Gasteiger partial charge in [0.15, 0.2) is 11.4 Å². The maximum atomic E-state index is 15.4. The van der Waals surface area contributed by atoms with Crippen LogP contribution in [0.25, 0.3) is 0 Å². The third-order valence-corrected chi connectivity index (χ3v) is 7.68. The quantitative estimate of drug-likeness (QED) is 0.659. The highest BCUT2D eigenvalue weighted by molar-refractivity contribution is 5.96. The third kappa shape index (κ3) is 2.37. The van der Waals surface area contributed by atoms with Crippen molar-refractivity contribution in [3.63, 3.8) is 0 Å². The standard InChI is InChI=1S/C26H24FN3O3/c1-3-28-14-30(29-11-10-21(31)24(32)23(29)25(28)33)26-17(12-16-6-4-5-7-19(16)26)13-18-20(26)9-8-15(2)22(18)27/h4-11,17,32H,3,12-14H2,1-2H3. The second-order valence-corrected chi connectivity index (χ2v) is 9.18. The summed E-state index contributed by atoms with van der Waals surface area (Å²) in [5, 5.41) is 12.7. The maximum absolute atomic E-state index is 15.4. The van der Waals surface area contributed by atoms with Crippen molar-refractivity contribution in [1.82, 2.24) is 9.58 Å². The third-order valence-electron chi connectivity index (χ3n) is 7.68. The van der Waals surface area contributed by atoms with Crippen LogP contribution in [0.5, 0.6) is 5.75 Å². The molecule has 2 atom stereocenters. The van der Waals surface area contributed by atoms with Crippen molar-refractivity contribution in [2.24, 2.45) is 5.92 Å². The molecule has 0 saturated heterocycles. The Labute approximate surface area is 190 Å². The van der Waals surface area contributed by atoms with Crippen molar-refractivity contribution in [2.75, 3.05) is 18.2 Å². The lowest BCUT2D eigenvalue weighted by molar-refractivity contribution is 0.0658. The van der Waals surface area contributed by atoms with E-state index in [0.717, 1.165) is 17.5 Å². The van der Waals surface area contributed by atoms with E-state index in [9.17, 15) is 14.7 Å². The maximum Gasteiger partial charge on any atom is 0.277 e. The fourth-order valence-electron chi connectivity index (χ4n) is 6.20. The number of halogens is 1. The molecule has 1 aromatic heterocycles. The number of nitrogens with zero attached hydrogens (tertiary/aromatic N) is 3. The molecule has 2 heterocycles. The molecule has 2 aliphatic carbocycles. The zero-order valence-electron chi connectivity index (χ0n) is 18.5. The van der Waals surface area contributed by atoms with Gasteiger partial charge in [-0.15, -0.1) is 0 Å².